The zero-order valence-electron chi connectivity index (χ0n) is 9.65. The third kappa shape index (κ3) is 2.12. The maximum Gasteiger partial charge on any atom is 0.0704 e. The molecule has 0 saturated carbocycles. The molecule has 1 heterocycles. The van der Waals surface area contributed by atoms with Gasteiger partial charge in [-0.2, -0.15) is 0 Å². The number of hydrogen-bond donors (Lipinski definition) is 0. The van der Waals surface area contributed by atoms with Gasteiger partial charge in [-0.25, -0.2) is 0 Å². The predicted molar refractivity (Wildman–Crippen MR) is 73.2 cm³/mol. The molecular weight excluding hydrogens is 262 g/mol. The summed E-state index contributed by atoms with van der Waals surface area (Å²) in [5.74, 6) is 0.549. The molecule has 0 fully saturated rings. The highest BCUT2D eigenvalue weighted by Gasteiger charge is 2.17. The molecule has 0 spiro atoms. The Labute approximate surface area is 105 Å². The Morgan fingerprint density at radius 2 is 2.00 bits per heavy atom. The van der Waals surface area contributed by atoms with Gasteiger partial charge in [0.05, 0.1) is 5.52 Å². The average molecular weight is 278 g/mol. The number of benzene rings is 1. The lowest BCUT2D eigenvalue weighted by Gasteiger charge is -2.19. The highest BCUT2D eigenvalue weighted by atomic mass is 79.9. The van der Waals surface area contributed by atoms with Crippen molar-refractivity contribution in [3.8, 4) is 0 Å². The minimum absolute atomic E-state index is 0.489. The van der Waals surface area contributed by atoms with E-state index >= 15 is 0 Å². The first-order chi connectivity index (χ1) is 7.74. The molecule has 0 amide bonds. The Morgan fingerprint density at radius 3 is 2.69 bits per heavy atom. The van der Waals surface area contributed by atoms with Gasteiger partial charge in [0, 0.05) is 16.4 Å². The first kappa shape index (κ1) is 11.6. The molecule has 1 aromatic carbocycles. The van der Waals surface area contributed by atoms with Crippen LogP contribution in [0.1, 0.15) is 31.7 Å². The number of nitrogens with zero attached hydrogens (tertiary/aromatic N) is 1. The number of halogens is 1. The van der Waals surface area contributed by atoms with Gasteiger partial charge >= 0.3 is 0 Å². The summed E-state index contributed by atoms with van der Waals surface area (Å²) < 4.78 is 0. The number of para-hydroxylation sites is 1. The van der Waals surface area contributed by atoms with E-state index in [1.165, 1.54) is 10.9 Å². The lowest BCUT2D eigenvalue weighted by Crippen LogP contribution is -2.08. The van der Waals surface area contributed by atoms with Crippen molar-refractivity contribution < 1.29 is 0 Å². The molecule has 1 nitrogen and oxygen atoms in total. The number of aromatic nitrogens is 1. The summed E-state index contributed by atoms with van der Waals surface area (Å²) in [5.41, 5.74) is 2.49. The SMILES string of the molecule is CCC(c1ccnc2ccccc12)C(C)Br. The second-order valence-corrected chi connectivity index (χ2v) is 5.55. The summed E-state index contributed by atoms with van der Waals surface area (Å²) in [5, 5.41) is 1.28. The van der Waals surface area contributed by atoms with E-state index in [-0.39, 0.29) is 0 Å². The van der Waals surface area contributed by atoms with Gasteiger partial charge in [0.15, 0.2) is 0 Å². The maximum absolute atomic E-state index is 4.40. The van der Waals surface area contributed by atoms with Crippen LogP contribution >= 0.6 is 15.9 Å². The third-order valence-corrected chi connectivity index (χ3v) is 3.71. The minimum Gasteiger partial charge on any atom is -0.256 e. The van der Waals surface area contributed by atoms with Crippen LogP contribution in [0.3, 0.4) is 0 Å². The molecular formula is C14H16BrN. The molecule has 2 aromatic rings. The normalized spacial score (nSPS) is 14.9. The second-order valence-electron chi connectivity index (χ2n) is 4.11. The molecule has 0 bridgehead atoms. The van der Waals surface area contributed by atoms with Crippen molar-refractivity contribution in [3.05, 3.63) is 42.1 Å². The molecule has 84 valence electrons. The molecule has 1 aromatic heterocycles. The predicted octanol–water partition coefficient (Wildman–Crippen LogP) is 4.51. The van der Waals surface area contributed by atoms with Crippen LogP contribution < -0.4 is 0 Å². The summed E-state index contributed by atoms with van der Waals surface area (Å²) in [6, 6.07) is 10.5. The Morgan fingerprint density at radius 1 is 1.25 bits per heavy atom. The Balaban J connectivity index is 2.59. The number of rotatable bonds is 3. The summed E-state index contributed by atoms with van der Waals surface area (Å²) in [6.07, 6.45) is 3.05. The summed E-state index contributed by atoms with van der Waals surface area (Å²) >= 11 is 3.70. The van der Waals surface area contributed by atoms with Gasteiger partial charge in [-0.15, -0.1) is 0 Å². The Kier molecular flexibility index (Phi) is 3.59. The van der Waals surface area contributed by atoms with E-state index in [1.54, 1.807) is 0 Å². The van der Waals surface area contributed by atoms with Crippen molar-refractivity contribution in [2.75, 3.05) is 0 Å². The molecule has 16 heavy (non-hydrogen) atoms. The zero-order valence-corrected chi connectivity index (χ0v) is 11.2. The van der Waals surface area contributed by atoms with E-state index in [0.717, 1.165) is 11.9 Å². The molecule has 2 heteroatoms. The fourth-order valence-electron chi connectivity index (χ4n) is 2.23. The lowest BCUT2D eigenvalue weighted by molar-refractivity contribution is 0.668. The number of alkyl halides is 1. The smallest absolute Gasteiger partial charge is 0.0704 e. The average Bonchev–Trinajstić information content (AvgIpc) is 2.30. The highest BCUT2D eigenvalue weighted by molar-refractivity contribution is 9.09. The topological polar surface area (TPSA) is 12.9 Å². The van der Waals surface area contributed by atoms with E-state index in [2.05, 4.69) is 59.0 Å². The summed E-state index contributed by atoms with van der Waals surface area (Å²) in [4.78, 5) is 4.89. The zero-order chi connectivity index (χ0) is 11.5. The molecule has 2 atom stereocenters. The Bertz CT molecular complexity index is 474. The van der Waals surface area contributed by atoms with Crippen LogP contribution in [0.5, 0.6) is 0 Å². The van der Waals surface area contributed by atoms with Crippen molar-refractivity contribution in [2.45, 2.75) is 31.0 Å². The van der Waals surface area contributed by atoms with Crippen LogP contribution in [0.15, 0.2) is 36.5 Å². The van der Waals surface area contributed by atoms with Crippen LogP contribution in [-0.4, -0.2) is 9.81 Å². The molecule has 0 saturated heterocycles. The Hall–Kier alpha value is -0.890. The van der Waals surface area contributed by atoms with E-state index in [4.69, 9.17) is 0 Å². The van der Waals surface area contributed by atoms with Gasteiger partial charge in [0.1, 0.15) is 0 Å². The van der Waals surface area contributed by atoms with Gasteiger partial charge in [0.25, 0.3) is 0 Å². The van der Waals surface area contributed by atoms with Crippen molar-refractivity contribution in [2.24, 2.45) is 0 Å². The molecule has 0 radical (unpaired) electrons. The van der Waals surface area contributed by atoms with Crippen LogP contribution in [0.2, 0.25) is 0 Å². The van der Waals surface area contributed by atoms with E-state index in [1.807, 2.05) is 12.3 Å². The molecule has 0 N–H and O–H groups in total. The van der Waals surface area contributed by atoms with Crippen molar-refractivity contribution in [1.82, 2.24) is 4.98 Å². The summed E-state index contributed by atoms with van der Waals surface area (Å²) in [6.45, 7) is 4.45. The largest absolute Gasteiger partial charge is 0.256 e. The molecule has 0 aliphatic heterocycles. The van der Waals surface area contributed by atoms with Crippen molar-refractivity contribution in [1.29, 1.82) is 0 Å². The van der Waals surface area contributed by atoms with Crippen LogP contribution in [0.25, 0.3) is 10.9 Å². The minimum atomic E-state index is 0.489. The second kappa shape index (κ2) is 4.96. The van der Waals surface area contributed by atoms with Crippen molar-refractivity contribution in [3.63, 3.8) is 0 Å². The van der Waals surface area contributed by atoms with Crippen LogP contribution in [-0.2, 0) is 0 Å². The number of pyridine rings is 1. The fraction of sp³-hybridized carbons (Fsp3) is 0.357. The number of fused-ring (bicyclic) bond motifs is 1. The first-order valence-electron chi connectivity index (χ1n) is 5.71. The monoisotopic (exact) mass is 277 g/mol. The van der Waals surface area contributed by atoms with Gasteiger partial charge in [-0.05, 0) is 30.0 Å². The third-order valence-electron chi connectivity index (χ3n) is 3.08. The first-order valence-corrected chi connectivity index (χ1v) is 6.63. The molecule has 2 rings (SSSR count). The standard InChI is InChI=1S/C14H16BrN/c1-3-11(10(2)15)12-8-9-16-14-7-5-4-6-13(12)14/h4-11H,3H2,1-2H3. The van der Waals surface area contributed by atoms with Crippen molar-refractivity contribution >= 4 is 26.8 Å². The summed E-state index contributed by atoms with van der Waals surface area (Å²) in [7, 11) is 0. The van der Waals surface area contributed by atoms with E-state index in [0.29, 0.717) is 10.7 Å². The lowest BCUT2D eigenvalue weighted by atomic mass is 9.91. The molecule has 2 unspecified atom stereocenters. The van der Waals surface area contributed by atoms with Gasteiger partial charge < -0.3 is 0 Å². The molecule has 0 aliphatic rings. The van der Waals surface area contributed by atoms with Crippen LogP contribution in [0.4, 0.5) is 0 Å². The molecule has 0 aliphatic carbocycles. The van der Waals surface area contributed by atoms with E-state index in [9.17, 15) is 0 Å². The van der Waals surface area contributed by atoms with E-state index < -0.39 is 0 Å². The quantitative estimate of drug-likeness (QED) is 0.753. The fourth-order valence-corrected chi connectivity index (χ4v) is 2.89. The maximum atomic E-state index is 4.40. The van der Waals surface area contributed by atoms with Gasteiger partial charge in [-0.3, -0.25) is 4.98 Å². The highest BCUT2D eigenvalue weighted by Crippen LogP contribution is 2.32. The van der Waals surface area contributed by atoms with Gasteiger partial charge in [-0.1, -0.05) is 48.0 Å². The van der Waals surface area contributed by atoms with Gasteiger partial charge in [0.2, 0.25) is 0 Å². The van der Waals surface area contributed by atoms with Crippen LogP contribution in [0, 0.1) is 0 Å². The number of hydrogen-bond acceptors (Lipinski definition) is 1.